The molecule has 2 aliphatic heterocycles. The molecule has 1 aromatic rings. The quantitative estimate of drug-likeness (QED) is 0.889. The van der Waals surface area contributed by atoms with Crippen LogP contribution in [0.4, 0.5) is 4.39 Å². The third-order valence-electron chi connectivity index (χ3n) is 6.41. The standard InChI is InChI=1S/C20H28FN3O2/c1-26-18-3-2-16(21)12-15(18)14-23-8-10-24(11-9-23)19(25)17-13-20(17)4-6-22-7-5-20/h2-3,12,17,22H,4-11,13-14H2,1H3. The highest BCUT2D eigenvalue weighted by atomic mass is 19.1. The van der Waals surface area contributed by atoms with E-state index >= 15 is 0 Å². The average molecular weight is 361 g/mol. The molecule has 2 saturated heterocycles. The number of hydrogen-bond donors (Lipinski definition) is 1. The van der Waals surface area contributed by atoms with E-state index in [1.807, 2.05) is 4.90 Å². The van der Waals surface area contributed by atoms with Gasteiger partial charge < -0.3 is 15.0 Å². The van der Waals surface area contributed by atoms with E-state index in [0.717, 1.165) is 69.8 Å². The summed E-state index contributed by atoms with van der Waals surface area (Å²) < 4.78 is 18.9. The van der Waals surface area contributed by atoms with Crippen LogP contribution in [0.25, 0.3) is 0 Å². The predicted molar refractivity (Wildman–Crippen MR) is 97.5 cm³/mol. The summed E-state index contributed by atoms with van der Waals surface area (Å²) in [5.41, 5.74) is 1.16. The zero-order valence-electron chi connectivity index (χ0n) is 15.5. The van der Waals surface area contributed by atoms with Gasteiger partial charge in [-0.25, -0.2) is 4.39 Å². The molecule has 4 rings (SSSR count). The SMILES string of the molecule is COc1ccc(F)cc1CN1CCN(C(=O)C2CC23CCNCC3)CC1. The Kier molecular flexibility index (Phi) is 4.88. The molecule has 1 N–H and O–H groups in total. The lowest BCUT2D eigenvalue weighted by Crippen LogP contribution is -2.49. The second kappa shape index (κ2) is 7.16. The number of piperidine rings is 1. The molecule has 1 aromatic carbocycles. The number of rotatable bonds is 4. The molecule has 0 bridgehead atoms. The first kappa shape index (κ1) is 17.7. The van der Waals surface area contributed by atoms with Crippen molar-refractivity contribution in [2.45, 2.75) is 25.8 Å². The molecule has 1 aliphatic carbocycles. The second-order valence-electron chi connectivity index (χ2n) is 7.93. The van der Waals surface area contributed by atoms with E-state index in [1.54, 1.807) is 19.2 Å². The summed E-state index contributed by atoms with van der Waals surface area (Å²) in [6, 6.07) is 4.64. The van der Waals surface area contributed by atoms with Gasteiger partial charge in [-0.3, -0.25) is 9.69 Å². The molecule has 6 heteroatoms. The number of carbonyl (C=O) groups is 1. The van der Waals surface area contributed by atoms with Crippen LogP contribution >= 0.6 is 0 Å². The lowest BCUT2D eigenvalue weighted by Gasteiger charge is -2.35. The van der Waals surface area contributed by atoms with Crippen LogP contribution < -0.4 is 10.1 Å². The number of nitrogens with zero attached hydrogens (tertiary/aromatic N) is 2. The Balaban J connectivity index is 1.31. The molecule has 3 fully saturated rings. The van der Waals surface area contributed by atoms with Gasteiger partial charge in [-0.2, -0.15) is 0 Å². The van der Waals surface area contributed by atoms with Gasteiger partial charge in [-0.15, -0.1) is 0 Å². The number of carbonyl (C=O) groups excluding carboxylic acids is 1. The molecule has 142 valence electrons. The number of methoxy groups -OCH3 is 1. The fourth-order valence-electron chi connectivity index (χ4n) is 4.63. The van der Waals surface area contributed by atoms with E-state index in [1.165, 1.54) is 6.07 Å². The normalized spacial score (nSPS) is 25.3. The molecule has 3 aliphatic rings. The van der Waals surface area contributed by atoms with E-state index in [9.17, 15) is 9.18 Å². The highest BCUT2D eigenvalue weighted by Gasteiger charge is 2.58. The number of piperazine rings is 1. The Morgan fingerprint density at radius 2 is 2.00 bits per heavy atom. The van der Waals surface area contributed by atoms with Crippen molar-refractivity contribution in [1.29, 1.82) is 0 Å². The minimum absolute atomic E-state index is 0.240. The lowest BCUT2D eigenvalue weighted by molar-refractivity contribution is -0.135. The van der Waals surface area contributed by atoms with Crippen molar-refractivity contribution in [3.63, 3.8) is 0 Å². The summed E-state index contributed by atoms with van der Waals surface area (Å²) in [6.45, 7) is 5.93. The van der Waals surface area contributed by atoms with Crippen molar-refractivity contribution in [2.24, 2.45) is 11.3 Å². The summed E-state index contributed by atoms with van der Waals surface area (Å²) in [5, 5.41) is 3.39. The van der Waals surface area contributed by atoms with E-state index in [-0.39, 0.29) is 11.7 Å². The van der Waals surface area contributed by atoms with Crippen LogP contribution in [-0.2, 0) is 11.3 Å². The number of nitrogens with one attached hydrogen (secondary N) is 1. The maximum atomic E-state index is 13.5. The summed E-state index contributed by atoms with van der Waals surface area (Å²) in [7, 11) is 1.61. The van der Waals surface area contributed by atoms with Crippen molar-refractivity contribution >= 4 is 5.91 Å². The topological polar surface area (TPSA) is 44.8 Å². The molecule has 1 spiro atoms. The van der Waals surface area contributed by atoms with Gasteiger partial charge in [0.25, 0.3) is 0 Å². The average Bonchev–Trinajstić information content (AvgIpc) is 3.35. The zero-order chi connectivity index (χ0) is 18.1. The molecule has 1 unspecified atom stereocenters. The maximum Gasteiger partial charge on any atom is 0.226 e. The van der Waals surface area contributed by atoms with Gasteiger partial charge >= 0.3 is 0 Å². The van der Waals surface area contributed by atoms with Crippen molar-refractivity contribution in [3.8, 4) is 5.75 Å². The molecule has 26 heavy (non-hydrogen) atoms. The van der Waals surface area contributed by atoms with Gasteiger partial charge in [0.15, 0.2) is 0 Å². The number of ether oxygens (including phenoxy) is 1. The van der Waals surface area contributed by atoms with Crippen LogP contribution in [0.5, 0.6) is 5.75 Å². The first-order valence-corrected chi connectivity index (χ1v) is 9.66. The highest BCUT2D eigenvalue weighted by Crippen LogP contribution is 2.59. The fourth-order valence-corrected chi connectivity index (χ4v) is 4.63. The summed E-state index contributed by atoms with van der Waals surface area (Å²) >= 11 is 0. The van der Waals surface area contributed by atoms with Crippen molar-refractivity contribution in [2.75, 3.05) is 46.4 Å². The lowest BCUT2D eigenvalue weighted by atomic mass is 9.91. The van der Waals surface area contributed by atoms with E-state index < -0.39 is 0 Å². The third kappa shape index (κ3) is 3.45. The second-order valence-corrected chi connectivity index (χ2v) is 7.93. The summed E-state index contributed by atoms with van der Waals surface area (Å²) in [5.74, 6) is 1.08. The van der Waals surface area contributed by atoms with Gasteiger partial charge in [-0.1, -0.05) is 0 Å². The van der Waals surface area contributed by atoms with Crippen molar-refractivity contribution in [1.82, 2.24) is 15.1 Å². The van der Waals surface area contributed by atoms with Gasteiger partial charge in [0.05, 0.1) is 7.11 Å². The van der Waals surface area contributed by atoms with Crippen LogP contribution in [0.3, 0.4) is 0 Å². The molecule has 1 amide bonds. The number of hydrogen-bond acceptors (Lipinski definition) is 4. The molecule has 5 nitrogen and oxygen atoms in total. The van der Waals surface area contributed by atoms with Crippen LogP contribution in [0.1, 0.15) is 24.8 Å². The van der Waals surface area contributed by atoms with Gasteiger partial charge in [0.2, 0.25) is 5.91 Å². The zero-order valence-corrected chi connectivity index (χ0v) is 15.5. The van der Waals surface area contributed by atoms with Gasteiger partial charge in [0.1, 0.15) is 11.6 Å². The Morgan fingerprint density at radius 1 is 1.27 bits per heavy atom. The van der Waals surface area contributed by atoms with Crippen molar-refractivity contribution < 1.29 is 13.9 Å². The molecular formula is C20H28FN3O2. The number of amides is 1. The molecule has 0 radical (unpaired) electrons. The summed E-state index contributed by atoms with van der Waals surface area (Å²) in [6.07, 6.45) is 3.36. The predicted octanol–water partition coefficient (Wildman–Crippen LogP) is 1.87. The largest absolute Gasteiger partial charge is 0.496 e. The van der Waals surface area contributed by atoms with Crippen LogP contribution in [0.15, 0.2) is 18.2 Å². The fraction of sp³-hybridized carbons (Fsp3) is 0.650. The smallest absolute Gasteiger partial charge is 0.226 e. The van der Waals surface area contributed by atoms with Gasteiger partial charge in [-0.05, 0) is 56.0 Å². The van der Waals surface area contributed by atoms with E-state index in [0.29, 0.717) is 17.9 Å². The first-order valence-electron chi connectivity index (χ1n) is 9.66. The molecule has 1 saturated carbocycles. The first-order chi connectivity index (χ1) is 12.6. The number of halogens is 1. The van der Waals surface area contributed by atoms with Gasteiger partial charge in [0, 0.05) is 44.2 Å². The molecule has 0 aromatic heterocycles. The maximum absolute atomic E-state index is 13.5. The Morgan fingerprint density at radius 3 is 2.69 bits per heavy atom. The Bertz CT molecular complexity index is 667. The Labute approximate surface area is 154 Å². The van der Waals surface area contributed by atoms with Crippen LogP contribution in [0, 0.1) is 17.2 Å². The molecule has 1 atom stereocenters. The summed E-state index contributed by atoms with van der Waals surface area (Å²) in [4.78, 5) is 17.2. The highest BCUT2D eigenvalue weighted by molar-refractivity contribution is 5.83. The monoisotopic (exact) mass is 361 g/mol. The number of benzene rings is 1. The van der Waals surface area contributed by atoms with E-state index in [4.69, 9.17) is 4.74 Å². The Hall–Kier alpha value is -1.66. The van der Waals surface area contributed by atoms with Crippen molar-refractivity contribution in [3.05, 3.63) is 29.6 Å². The minimum atomic E-state index is -0.240. The van der Waals surface area contributed by atoms with Crippen LogP contribution in [0.2, 0.25) is 0 Å². The minimum Gasteiger partial charge on any atom is -0.496 e. The third-order valence-corrected chi connectivity index (χ3v) is 6.41. The molecule has 2 heterocycles. The van der Waals surface area contributed by atoms with Crippen LogP contribution in [-0.4, -0.2) is 62.1 Å². The molecular weight excluding hydrogens is 333 g/mol. The van der Waals surface area contributed by atoms with E-state index in [2.05, 4.69) is 10.2 Å².